The van der Waals surface area contributed by atoms with Crippen LogP contribution in [0.2, 0.25) is 0 Å². The molecule has 2 aromatic heterocycles. The van der Waals surface area contributed by atoms with Gasteiger partial charge in [0.1, 0.15) is 18.2 Å². The summed E-state index contributed by atoms with van der Waals surface area (Å²) >= 11 is 0.600. The molecule has 2 aromatic rings. The minimum Gasteiger partial charge on any atom is -0.303 e. The molecule has 98 valence electrons. The van der Waals surface area contributed by atoms with Gasteiger partial charge in [-0.25, -0.2) is 9.97 Å². The SMILES string of the molecule is CCNC(c1ncn[nH]1)c1cnc(C(F)(F)F)s1. The van der Waals surface area contributed by atoms with Crippen molar-refractivity contribution < 1.29 is 13.2 Å². The van der Waals surface area contributed by atoms with Gasteiger partial charge in [-0.3, -0.25) is 5.10 Å². The molecule has 2 N–H and O–H groups in total. The van der Waals surface area contributed by atoms with Gasteiger partial charge in [-0.2, -0.15) is 18.3 Å². The number of nitrogens with zero attached hydrogens (tertiary/aromatic N) is 3. The van der Waals surface area contributed by atoms with Crippen LogP contribution >= 0.6 is 11.3 Å². The van der Waals surface area contributed by atoms with Gasteiger partial charge in [-0.15, -0.1) is 11.3 Å². The first-order chi connectivity index (χ1) is 8.52. The summed E-state index contributed by atoms with van der Waals surface area (Å²) in [5, 5.41) is 8.51. The first-order valence-corrected chi connectivity index (χ1v) is 5.95. The molecule has 0 aliphatic rings. The van der Waals surface area contributed by atoms with E-state index < -0.39 is 17.2 Å². The molecule has 0 radical (unpaired) electrons. The first-order valence-electron chi connectivity index (χ1n) is 5.14. The number of H-pyrrole nitrogens is 1. The topological polar surface area (TPSA) is 66.5 Å². The van der Waals surface area contributed by atoms with Crippen molar-refractivity contribution in [2.45, 2.75) is 19.1 Å². The molecule has 0 aromatic carbocycles. The molecule has 2 rings (SSSR count). The molecule has 0 fully saturated rings. The first kappa shape index (κ1) is 13.0. The molecule has 5 nitrogen and oxygen atoms in total. The van der Waals surface area contributed by atoms with Gasteiger partial charge in [-0.05, 0) is 6.54 Å². The Morgan fingerprint density at radius 2 is 2.22 bits per heavy atom. The van der Waals surface area contributed by atoms with Gasteiger partial charge in [0, 0.05) is 11.1 Å². The molecule has 0 spiro atoms. The van der Waals surface area contributed by atoms with Crippen molar-refractivity contribution in [2.24, 2.45) is 0 Å². The number of hydrogen-bond donors (Lipinski definition) is 2. The van der Waals surface area contributed by atoms with Gasteiger partial charge in [0.15, 0.2) is 5.01 Å². The van der Waals surface area contributed by atoms with Crippen LogP contribution in [0.1, 0.15) is 28.7 Å². The average Bonchev–Trinajstić information content (AvgIpc) is 2.96. The third kappa shape index (κ3) is 2.67. The largest absolute Gasteiger partial charge is 0.443 e. The zero-order valence-electron chi connectivity index (χ0n) is 9.32. The van der Waals surface area contributed by atoms with E-state index in [2.05, 4.69) is 25.5 Å². The van der Waals surface area contributed by atoms with Crippen molar-refractivity contribution in [3.05, 3.63) is 28.2 Å². The predicted octanol–water partition coefficient (Wildman–Crippen LogP) is 1.98. The molecule has 18 heavy (non-hydrogen) atoms. The highest BCUT2D eigenvalue weighted by atomic mass is 32.1. The molecule has 0 aliphatic carbocycles. The Morgan fingerprint density at radius 3 is 2.72 bits per heavy atom. The summed E-state index contributed by atoms with van der Waals surface area (Å²) in [6.45, 7) is 2.44. The highest BCUT2D eigenvalue weighted by molar-refractivity contribution is 7.11. The number of alkyl halides is 3. The number of aromatic amines is 1. The van der Waals surface area contributed by atoms with Crippen LogP contribution in [0.3, 0.4) is 0 Å². The van der Waals surface area contributed by atoms with Crippen molar-refractivity contribution in [3.8, 4) is 0 Å². The van der Waals surface area contributed by atoms with Gasteiger partial charge in [0.2, 0.25) is 0 Å². The van der Waals surface area contributed by atoms with Crippen LogP contribution in [0, 0.1) is 0 Å². The van der Waals surface area contributed by atoms with E-state index in [0.717, 1.165) is 0 Å². The number of nitrogens with one attached hydrogen (secondary N) is 2. The Hall–Kier alpha value is -1.48. The van der Waals surface area contributed by atoms with Crippen LogP contribution < -0.4 is 5.32 Å². The van der Waals surface area contributed by atoms with Crippen LogP contribution in [0.4, 0.5) is 13.2 Å². The van der Waals surface area contributed by atoms with Gasteiger partial charge >= 0.3 is 6.18 Å². The van der Waals surface area contributed by atoms with Gasteiger partial charge in [-0.1, -0.05) is 6.92 Å². The second kappa shape index (κ2) is 5.02. The van der Waals surface area contributed by atoms with E-state index in [1.807, 2.05) is 6.92 Å². The smallest absolute Gasteiger partial charge is 0.303 e. The third-order valence-corrected chi connectivity index (χ3v) is 3.27. The maximum absolute atomic E-state index is 12.5. The molecule has 0 saturated heterocycles. The van der Waals surface area contributed by atoms with E-state index in [9.17, 15) is 13.2 Å². The maximum atomic E-state index is 12.5. The number of rotatable bonds is 4. The summed E-state index contributed by atoms with van der Waals surface area (Å²) in [5.74, 6) is 0.467. The molecule has 2 heterocycles. The van der Waals surface area contributed by atoms with E-state index in [-0.39, 0.29) is 0 Å². The Labute approximate surface area is 104 Å². The zero-order chi connectivity index (χ0) is 13.2. The van der Waals surface area contributed by atoms with Gasteiger partial charge in [0.25, 0.3) is 0 Å². The highest BCUT2D eigenvalue weighted by Gasteiger charge is 2.35. The molecular formula is C9H10F3N5S. The zero-order valence-corrected chi connectivity index (χ0v) is 10.1. The van der Waals surface area contributed by atoms with Crippen molar-refractivity contribution in [1.82, 2.24) is 25.5 Å². The van der Waals surface area contributed by atoms with Crippen molar-refractivity contribution in [2.75, 3.05) is 6.54 Å². The molecule has 1 atom stereocenters. The van der Waals surface area contributed by atoms with Crippen molar-refractivity contribution >= 4 is 11.3 Å². The number of hydrogen-bond acceptors (Lipinski definition) is 5. The standard InChI is InChI=1S/C9H10F3N5S/c1-2-13-6(7-15-4-16-17-7)5-3-14-8(18-5)9(10,11)12/h3-4,6,13H,2H2,1H3,(H,15,16,17). The minimum absolute atomic E-state index is 0.445. The van der Waals surface area contributed by atoms with E-state index in [1.54, 1.807) is 0 Å². The molecule has 0 amide bonds. The lowest BCUT2D eigenvalue weighted by Gasteiger charge is -2.12. The van der Waals surface area contributed by atoms with Crippen LogP contribution in [-0.2, 0) is 6.18 Å². The number of halogens is 3. The summed E-state index contributed by atoms with van der Waals surface area (Å²) in [6.07, 6.45) is -1.89. The lowest BCUT2D eigenvalue weighted by Crippen LogP contribution is -2.22. The van der Waals surface area contributed by atoms with Crippen molar-refractivity contribution in [3.63, 3.8) is 0 Å². The molecule has 0 aliphatic heterocycles. The molecule has 1 unspecified atom stereocenters. The van der Waals surface area contributed by atoms with E-state index >= 15 is 0 Å². The third-order valence-electron chi connectivity index (χ3n) is 2.17. The fraction of sp³-hybridized carbons (Fsp3) is 0.444. The van der Waals surface area contributed by atoms with E-state index in [1.165, 1.54) is 12.5 Å². The lowest BCUT2D eigenvalue weighted by atomic mass is 10.2. The minimum atomic E-state index is -4.42. The molecule has 0 bridgehead atoms. The fourth-order valence-corrected chi connectivity index (χ4v) is 2.30. The van der Waals surface area contributed by atoms with Crippen molar-refractivity contribution in [1.29, 1.82) is 0 Å². The summed E-state index contributed by atoms with van der Waals surface area (Å²) in [6, 6.07) is -0.453. The molecule has 9 heteroatoms. The Kier molecular flexibility index (Phi) is 3.62. The van der Waals surface area contributed by atoms with Gasteiger partial charge in [0.05, 0.1) is 0 Å². The highest BCUT2D eigenvalue weighted by Crippen LogP contribution is 2.35. The quantitative estimate of drug-likeness (QED) is 0.896. The Morgan fingerprint density at radius 1 is 1.44 bits per heavy atom. The number of aromatic nitrogens is 4. The lowest BCUT2D eigenvalue weighted by molar-refractivity contribution is -0.137. The second-order valence-corrected chi connectivity index (χ2v) is 4.49. The van der Waals surface area contributed by atoms with Crippen LogP contribution in [0.15, 0.2) is 12.5 Å². The second-order valence-electron chi connectivity index (χ2n) is 3.43. The summed E-state index contributed by atoms with van der Waals surface area (Å²) in [4.78, 5) is 7.79. The normalized spacial score (nSPS) is 13.8. The average molecular weight is 277 g/mol. The monoisotopic (exact) mass is 277 g/mol. The summed E-state index contributed by atoms with van der Waals surface area (Å²) in [5.41, 5.74) is 0. The fourth-order valence-electron chi connectivity index (χ4n) is 1.44. The van der Waals surface area contributed by atoms with Crippen LogP contribution in [0.25, 0.3) is 0 Å². The van der Waals surface area contributed by atoms with Crippen LogP contribution in [0.5, 0.6) is 0 Å². The van der Waals surface area contributed by atoms with E-state index in [0.29, 0.717) is 28.6 Å². The Bertz CT molecular complexity index is 493. The molecule has 0 saturated carbocycles. The molecular weight excluding hydrogens is 267 g/mol. The van der Waals surface area contributed by atoms with E-state index in [4.69, 9.17) is 0 Å². The Balaban J connectivity index is 2.29. The summed E-state index contributed by atoms with van der Waals surface area (Å²) in [7, 11) is 0. The van der Waals surface area contributed by atoms with Gasteiger partial charge < -0.3 is 5.32 Å². The van der Waals surface area contributed by atoms with Crippen LogP contribution in [-0.4, -0.2) is 26.7 Å². The maximum Gasteiger partial charge on any atom is 0.443 e. The summed E-state index contributed by atoms with van der Waals surface area (Å²) < 4.78 is 37.5. The number of thiazole rings is 1. The predicted molar refractivity (Wildman–Crippen MR) is 59.0 cm³/mol.